The van der Waals surface area contributed by atoms with Crippen molar-refractivity contribution in [3.8, 4) is 11.5 Å². The number of hydrogen-bond acceptors (Lipinski definition) is 4. The first-order valence-electron chi connectivity index (χ1n) is 6.35. The molecule has 0 amide bonds. The fourth-order valence-electron chi connectivity index (χ4n) is 2.28. The minimum Gasteiger partial charge on any atom is -0.334 e. The van der Waals surface area contributed by atoms with Gasteiger partial charge in [0, 0.05) is 5.92 Å². The summed E-state index contributed by atoms with van der Waals surface area (Å²) < 4.78 is 44.7. The first-order chi connectivity index (χ1) is 9.66. The fourth-order valence-corrected chi connectivity index (χ4v) is 2.28. The number of benzene rings is 1. The molecule has 106 valence electrons. The third-order valence-electron chi connectivity index (χ3n) is 3.41. The summed E-state index contributed by atoms with van der Waals surface area (Å²) in [6, 6.07) is 1.93. The Bertz CT molecular complexity index is 623. The highest BCUT2D eigenvalue weighted by Gasteiger charge is 2.23. The molecule has 1 saturated heterocycles. The van der Waals surface area contributed by atoms with Crippen LogP contribution in [0.15, 0.2) is 16.7 Å². The van der Waals surface area contributed by atoms with Crippen molar-refractivity contribution >= 4 is 0 Å². The normalized spacial score (nSPS) is 16.6. The number of nitrogens with one attached hydrogen (secondary N) is 1. The van der Waals surface area contributed by atoms with Gasteiger partial charge in [0.1, 0.15) is 0 Å². The SMILES string of the molecule is Fc1ccc(-c2nc(C3CCNCC3)no2)c(F)c1F. The summed E-state index contributed by atoms with van der Waals surface area (Å²) in [4.78, 5) is 4.10. The van der Waals surface area contributed by atoms with Crippen molar-refractivity contribution in [1.29, 1.82) is 0 Å². The third-order valence-corrected chi connectivity index (χ3v) is 3.41. The van der Waals surface area contributed by atoms with Crippen molar-refractivity contribution in [1.82, 2.24) is 15.5 Å². The molecule has 1 aliphatic heterocycles. The summed E-state index contributed by atoms with van der Waals surface area (Å²) in [6.45, 7) is 1.71. The zero-order valence-electron chi connectivity index (χ0n) is 10.5. The monoisotopic (exact) mass is 283 g/mol. The molecular formula is C13H12F3N3O. The Morgan fingerprint density at radius 1 is 1.10 bits per heavy atom. The molecule has 0 unspecified atom stereocenters. The maximum atomic E-state index is 13.6. The van der Waals surface area contributed by atoms with Gasteiger partial charge in [0.05, 0.1) is 5.56 Å². The second-order valence-corrected chi connectivity index (χ2v) is 4.70. The van der Waals surface area contributed by atoms with E-state index in [1.165, 1.54) is 0 Å². The molecule has 1 aromatic heterocycles. The second kappa shape index (κ2) is 5.24. The van der Waals surface area contributed by atoms with Gasteiger partial charge >= 0.3 is 0 Å². The smallest absolute Gasteiger partial charge is 0.261 e. The van der Waals surface area contributed by atoms with E-state index in [0.29, 0.717) is 5.82 Å². The molecule has 1 aliphatic rings. The molecule has 1 aromatic carbocycles. The number of rotatable bonds is 2. The largest absolute Gasteiger partial charge is 0.334 e. The van der Waals surface area contributed by atoms with Gasteiger partial charge in [-0.3, -0.25) is 0 Å². The number of aromatic nitrogens is 2. The molecule has 2 heterocycles. The van der Waals surface area contributed by atoms with Gasteiger partial charge in [0.2, 0.25) is 0 Å². The molecule has 0 atom stereocenters. The Hall–Kier alpha value is -1.89. The molecule has 20 heavy (non-hydrogen) atoms. The molecule has 0 saturated carbocycles. The van der Waals surface area contributed by atoms with E-state index in [4.69, 9.17) is 4.52 Å². The highest BCUT2D eigenvalue weighted by molar-refractivity contribution is 5.54. The van der Waals surface area contributed by atoms with Crippen LogP contribution in [0.1, 0.15) is 24.6 Å². The van der Waals surface area contributed by atoms with Gasteiger partial charge in [0.15, 0.2) is 23.3 Å². The zero-order valence-corrected chi connectivity index (χ0v) is 10.5. The predicted octanol–water partition coefficient (Wildman–Crippen LogP) is 2.62. The molecule has 3 rings (SSSR count). The lowest BCUT2D eigenvalue weighted by atomic mass is 9.98. The molecule has 1 fully saturated rings. The van der Waals surface area contributed by atoms with Crippen LogP contribution in [0.25, 0.3) is 11.5 Å². The summed E-state index contributed by atoms with van der Waals surface area (Å²) in [6.07, 6.45) is 1.72. The maximum absolute atomic E-state index is 13.6. The Labute approximate surface area is 113 Å². The number of nitrogens with zero attached hydrogens (tertiary/aromatic N) is 2. The van der Waals surface area contributed by atoms with Gasteiger partial charge in [-0.1, -0.05) is 5.16 Å². The number of piperidine rings is 1. The van der Waals surface area contributed by atoms with Crippen molar-refractivity contribution in [2.75, 3.05) is 13.1 Å². The van der Waals surface area contributed by atoms with E-state index in [1.807, 2.05) is 0 Å². The lowest BCUT2D eigenvalue weighted by Crippen LogP contribution is -2.27. The Morgan fingerprint density at radius 2 is 1.85 bits per heavy atom. The van der Waals surface area contributed by atoms with Crippen molar-refractivity contribution in [2.24, 2.45) is 0 Å². The van der Waals surface area contributed by atoms with Crippen LogP contribution < -0.4 is 5.32 Å². The van der Waals surface area contributed by atoms with E-state index in [-0.39, 0.29) is 17.4 Å². The van der Waals surface area contributed by atoms with Gasteiger partial charge in [-0.2, -0.15) is 4.98 Å². The minimum atomic E-state index is -1.54. The van der Waals surface area contributed by atoms with Crippen LogP contribution in [-0.2, 0) is 0 Å². The summed E-state index contributed by atoms with van der Waals surface area (Å²) in [5.41, 5.74) is -0.225. The van der Waals surface area contributed by atoms with E-state index < -0.39 is 17.5 Å². The van der Waals surface area contributed by atoms with Crippen LogP contribution in [-0.4, -0.2) is 23.2 Å². The van der Waals surface area contributed by atoms with E-state index in [0.717, 1.165) is 38.1 Å². The van der Waals surface area contributed by atoms with Crippen molar-refractivity contribution in [2.45, 2.75) is 18.8 Å². The van der Waals surface area contributed by atoms with Crippen LogP contribution in [0.2, 0.25) is 0 Å². The molecule has 1 N–H and O–H groups in total. The van der Waals surface area contributed by atoms with Gasteiger partial charge < -0.3 is 9.84 Å². The van der Waals surface area contributed by atoms with Gasteiger partial charge in [-0.25, -0.2) is 13.2 Å². The maximum Gasteiger partial charge on any atom is 0.261 e. The quantitative estimate of drug-likeness (QED) is 0.861. The average Bonchev–Trinajstić information content (AvgIpc) is 2.95. The predicted molar refractivity (Wildman–Crippen MR) is 64.5 cm³/mol. The van der Waals surface area contributed by atoms with Crippen LogP contribution in [0.5, 0.6) is 0 Å². The highest BCUT2D eigenvalue weighted by Crippen LogP contribution is 2.28. The molecule has 0 spiro atoms. The molecule has 0 bridgehead atoms. The third kappa shape index (κ3) is 2.29. The molecular weight excluding hydrogens is 271 g/mol. The zero-order chi connectivity index (χ0) is 14.1. The van der Waals surface area contributed by atoms with Crippen LogP contribution in [0.4, 0.5) is 13.2 Å². The summed E-state index contributed by atoms with van der Waals surface area (Å²) in [7, 11) is 0. The van der Waals surface area contributed by atoms with Gasteiger partial charge in [0.25, 0.3) is 5.89 Å². The Balaban J connectivity index is 1.92. The Kier molecular flexibility index (Phi) is 3.43. The Morgan fingerprint density at radius 3 is 2.60 bits per heavy atom. The topological polar surface area (TPSA) is 51.0 Å². The molecule has 7 heteroatoms. The van der Waals surface area contributed by atoms with Gasteiger partial charge in [-0.05, 0) is 38.1 Å². The van der Waals surface area contributed by atoms with Crippen LogP contribution in [0.3, 0.4) is 0 Å². The van der Waals surface area contributed by atoms with E-state index in [2.05, 4.69) is 15.5 Å². The average molecular weight is 283 g/mol. The first-order valence-corrected chi connectivity index (χ1v) is 6.35. The lowest BCUT2D eigenvalue weighted by molar-refractivity contribution is 0.389. The van der Waals surface area contributed by atoms with Crippen LogP contribution >= 0.6 is 0 Å². The van der Waals surface area contributed by atoms with E-state index in [9.17, 15) is 13.2 Å². The number of halogens is 3. The van der Waals surface area contributed by atoms with Crippen molar-refractivity contribution in [3.05, 3.63) is 35.4 Å². The molecule has 0 radical (unpaired) electrons. The molecule has 2 aromatic rings. The van der Waals surface area contributed by atoms with Crippen molar-refractivity contribution in [3.63, 3.8) is 0 Å². The van der Waals surface area contributed by atoms with E-state index >= 15 is 0 Å². The second-order valence-electron chi connectivity index (χ2n) is 4.70. The van der Waals surface area contributed by atoms with Crippen molar-refractivity contribution < 1.29 is 17.7 Å². The summed E-state index contributed by atoms with van der Waals surface area (Å²) in [5.74, 6) is -3.61. The molecule has 4 nitrogen and oxygen atoms in total. The highest BCUT2D eigenvalue weighted by atomic mass is 19.2. The summed E-state index contributed by atoms with van der Waals surface area (Å²) >= 11 is 0. The fraction of sp³-hybridized carbons (Fsp3) is 0.385. The van der Waals surface area contributed by atoms with Gasteiger partial charge in [-0.15, -0.1) is 0 Å². The molecule has 0 aliphatic carbocycles. The van der Waals surface area contributed by atoms with E-state index in [1.54, 1.807) is 0 Å². The first kappa shape index (κ1) is 13.1. The minimum absolute atomic E-state index is 0.130. The summed E-state index contributed by atoms with van der Waals surface area (Å²) in [5, 5.41) is 7.02. The lowest BCUT2D eigenvalue weighted by Gasteiger charge is -2.18. The standard InChI is InChI=1S/C13H12F3N3O/c14-9-2-1-8(10(15)11(9)16)13-18-12(19-20-13)7-3-5-17-6-4-7/h1-2,7,17H,3-6H2. The number of hydrogen-bond donors (Lipinski definition) is 1. The van der Waals surface area contributed by atoms with Crippen LogP contribution in [0, 0.1) is 17.5 Å².